The van der Waals surface area contributed by atoms with Crippen molar-refractivity contribution in [2.24, 2.45) is 0 Å². The Morgan fingerprint density at radius 3 is 2.40 bits per heavy atom. The maximum Gasteiger partial charge on any atom is 0.131 e. The minimum Gasteiger partial charge on any atom is -0.317 e. The first kappa shape index (κ1) is 11.9. The molecule has 1 N–H and O–H groups in total. The minimum atomic E-state index is 0. The molecular weight excluding hydrogens is 212 g/mol. The second kappa shape index (κ2) is 5.64. The summed E-state index contributed by atoms with van der Waals surface area (Å²) < 4.78 is 0. The third-order valence-electron chi connectivity index (χ3n) is 2.51. The van der Waals surface area contributed by atoms with Gasteiger partial charge in [-0.15, -0.1) is 12.4 Å². The number of rotatable bonds is 1. The van der Waals surface area contributed by atoms with Crippen LogP contribution in [0.3, 0.4) is 0 Å². The number of halogens is 1. The molecule has 15 heavy (non-hydrogen) atoms. The van der Waals surface area contributed by atoms with E-state index in [-0.39, 0.29) is 12.4 Å². The fourth-order valence-electron chi connectivity index (χ4n) is 1.69. The van der Waals surface area contributed by atoms with Gasteiger partial charge in [0.2, 0.25) is 0 Å². The quantitative estimate of drug-likeness (QED) is 0.780. The van der Waals surface area contributed by atoms with Crippen LogP contribution in [-0.2, 0) is 0 Å². The monoisotopic (exact) mass is 224 g/mol. The van der Waals surface area contributed by atoms with Crippen LogP contribution >= 0.6 is 12.4 Å². The summed E-state index contributed by atoms with van der Waals surface area (Å²) in [5.41, 5.74) is 0.530. The van der Waals surface area contributed by atoms with Crippen LogP contribution in [0, 0.1) is 11.3 Å². The number of nitriles is 1. The van der Waals surface area contributed by atoms with Crippen molar-refractivity contribution in [1.82, 2.24) is 15.3 Å². The molecule has 80 valence electrons. The highest BCUT2D eigenvalue weighted by molar-refractivity contribution is 5.85. The lowest BCUT2D eigenvalue weighted by molar-refractivity contribution is 0.445. The Kier molecular flexibility index (Phi) is 4.47. The van der Waals surface area contributed by atoms with Gasteiger partial charge in [0.15, 0.2) is 0 Å². The van der Waals surface area contributed by atoms with Gasteiger partial charge < -0.3 is 5.32 Å². The Morgan fingerprint density at radius 1 is 1.27 bits per heavy atom. The largest absolute Gasteiger partial charge is 0.317 e. The van der Waals surface area contributed by atoms with Crippen molar-refractivity contribution in [1.29, 1.82) is 5.26 Å². The summed E-state index contributed by atoms with van der Waals surface area (Å²) in [6, 6.07) is 2.02. The molecule has 0 amide bonds. The predicted octanol–water partition coefficient (Wildman–Crippen LogP) is 1.24. The molecule has 0 unspecified atom stereocenters. The average Bonchev–Trinajstić information content (AvgIpc) is 2.30. The van der Waals surface area contributed by atoms with Gasteiger partial charge in [-0.1, -0.05) is 0 Å². The SMILES string of the molecule is Cl.N#Cc1cnc(C2CCNCC2)nc1. The molecule has 1 fully saturated rings. The topological polar surface area (TPSA) is 61.6 Å². The summed E-state index contributed by atoms with van der Waals surface area (Å²) >= 11 is 0. The molecule has 0 spiro atoms. The Morgan fingerprint density at radius 2 is 1.87 bits per heavy atom. The summed E-state index contributed by atoms with van der Waals surface area (Å²) in [4.78, 5) is 8.42. The Balaban J connectivity index is 0.00000112. The molecule has 0 radical (unpaired) electrons. The van der Waals surface area contributed by atoms with Crippen molar-refractivity contribution < 1.29 is 0 Å². The van der Waals surface area contributed by atoms with Crippen LogP contribution in [0.2, 0.25) is 0 Å². The van der Waals surface area contributed by atoms with E-state index in [1.807, 2.05) is 6.07 Å². The van der Waals surface area contributed by atoms with Crippen molar-refractivity contribution in [3.63, 3.8) is 0 Å². The molecule has 0 atom stereocenters. The van der Waals surface area contributed by atoms with Gasteiger partial charge >= 0.3 is 0 Å². The van der Waals surface area contributed by atoms with E-state index in [9.17, 15) is 0 Å². The van der Waals surface area contributed by atoms with Crippen LogP contribution in [0.15, 0.2) is 12.4 Å². The van der Waals surface area contributed by atoms with Crippen LogP contribution in [0.5, 0.6) is 0 Å². The van der Waals surface area contributed by atoms with E-state index in [1.165, 1.54) is 0 Å². The van der Waals surface area contributed by atoms with E-state index in [0.717, 1.165) is 31.8 Å². The first-order valence-electron chi connectivity index (χ1n) is 4.83. The fourth-order valence-corrected chi connectivity index (χ4v) is 1.69. The summed E-state index contributed by atoms with van der Waals surface area (Å²) in [6.45, 7) is 2.07. The Labute approximate surface area is 95.2 Å². The van der Waals surface area contributed by atoms with Gasteiger partial charge in [-0.2, -0.15) is 5.26 Å². The average molecular weight is 225 g/mol. The number of hydrogen-bond acceptors (Lipinski definition) is 4. The van der Waals surface area contributed by atoms with Crippen molar-refractivity contribution in [3.8, 4) is 6.07 Å². The first-order chi connectivity index (χ1) is 6.90. The normalized spacial score (nSPS) is 16.5. The minimum absolute atomic E-state index is 0. The van der Waals surface area contributed by atoms with Gasteiger partial charge in [-0.3, -0.25) is 0 Å². The van der Waals surface area contributed by atoms with Crippen LogP contribution < -0.4 is 5.32 Å². The third kappa shape index (κ3) is 2.88. The van der Waals surface area contributed by atoms with Crippen LogP contribution in [0.4, 0.5) is 0 Å². The van der Waals surface area contributed by atoms with Gasteiger partial charge in [0, 0.05) is 18.3 Å². The van der Waals surface area contributed by atoms with E-state index in [2.05, 4.69) is 15.3 Å². The van der Waals surface area contributed by atoms with Crippen molar-refractivity contribution in [2.45, 2.75) is 18.8 Å². The number of hydrogen-bond donors (Lipinski definition) is 1. The molecule has 1 aromatic rings. The molecule has 1 aromatic heterocycles. The van der Waals surface area contributed by atoms with Crippen molar-refractivity contribution in [3.05, 3.63) is 23.8 Å². The summed E-state index contributed by atoms with van der Waals surface area (Å²) in [7, 11) is 0. The number of nitrogens with one attached hydrogen (secondary N) is 1. The molecule has 4 nitrogen and oxygen atoms in total. The highest BCUT2D eigenvalue weighted by atomic mass is 35.5. The van der Waals surface area contributed by atoms with Gasteiger partial charge in [0.1, 0.15) is 11.9 Å². The van der Waals surface area contributed by atoms with E-state index in [0.29, 0.717) is 11.5 Å². The predicted molar refractivity (Wildman–Crippen MR) is 58.8 cm³/mol. The lowest BCUT2D eigenvalue weighted by Crippen LogP contribution is -2.27. The second-order valence-corrected chi connectivity index (χ2v) is 3.47. The molecule has 2 heterocycles. The molecule has 0 aromatic carbocycles. The molecule has 1 saturated heterocycles. The van der Waals surface area contributed by atoms with Crippen LogP contribution in [0.25, 0.3) is 0 Å². The summed E-state index contributed by atoms with van der Waals surface area (Å²) in [5, 5.41) is 11.9. The molecule has 1 aliphatic heterocycles. The zero-order chi connectivity index (χ0) is 9.80. The first-order valence-corrected chi connectivity index (χ1v) is 4.83. The Hall–Kier alpha value is -1.18. The third-order valence-corrected chi connectivity index (χ3v) is 2.51. The van der Waals surface area contributed by atoms with E-state index < -0.39 is 0 Å². The summed E-state index contributed by atoms with van der Waals surface area (Å²) in [6.07, 6.45) is 5.38. The molecule has 0 bridgehead atoms. The van der Waals surface area contributed by atoms with Crippen LogP contribution in [0.1, 0.15) is 30.1 Å². The maximum absolute atomic E-state index is 8.60. The number of piperidine rings is 1. The lowest BCUT2D eigenvalue weighted by Gasteiger charge is -2.20. The molecular formula is C10H13ClN4. The van der Waals surface area contributed by atoms with Crippen molar-refractivity contribution >= 4 is 12.4 Å². The zero-order valence-corrected chi connectivity index (χ0v) is 9.13. The zero-order valence-electron chi connectivity index (χ0n) is 8.31. The molecule has 0 aliphatic carbocycles. The molecule has 5 heteroatoms. The number of nitrogens with zero attached hydrogens (tertiary/aromatic N) is 3. The molecule has 2 rings (SSSR count). The highest BCUT2D eigenvalue weighted by Gasteiger charge is 2.17. The van der Waals surface area contributed by atoms with Crippen molar-refractivity contribution in [2.75, 3.05) is 13.1 Å². The molecule has 0 saturated carbocycles. The highest BCUT2D eigenvalue weighted by Crippen LogP contribution is 2.21. The molecule has 1 aliphatic rings. The van der Waals surface area contributed by atoms with E-state index in [1.54, 1.807) is 12.4 Å². The number of aromatic nitrogens is 2. The van der Waals surface area contributed by atoms with Gasteiger partial charge in [-0.05, 0) is 25.9 Å². The maximum atomic E-state index is 8.60. The Bertz CT molecular complexity index is 337. The van der Waals surface area contributed by atoms with E-state index >= 15 is 0 Å². The van der Waals surface area contributed by atoms with Gasteiger partial charge in [-0.25, -0.2) is 9.97 Å². The lowest BCUT2D eigenvalue weighted by atomic mass is 9.97. The second-order valence-electron chi connectivity index (χ2n) is 3.47. The summed E-state index contributed by atoms with van der Waals surface area (Å²) in [5.74, 6) is 1.34. The van der Waals surface area contributed by atoms with Gasteiger partial charge in [0.25, 0.3) is 0 Å². The standard InChI is InChI=1S/C10H12N4.ClH/c11-5-8-6-13-10(14-7-8)9-1-3-12-4-2-9;/h6-7,9,12H,1-4H2;1H. The van der Waals surface area contributed by atoms with Crippen LogP contribution in [-0.4, -0.2) is 23.1 Å². The smallest absolute Gasteiger partial charge is 0.131 e. The van der Waals surface area contributed by atoms with Gasteiger partial charge in [0.05, 0.1) is 5.56 Å². The van der Waals surface area contributed by atoms with E-state index in [4.69, 9.17) is 5.26 Å². The fraction of sp³-hybridized carbons (Fsp3) is 0.500.